The van der Waals surface area contributed by atoms with Gasteiger partial charge in [0.25, 0.3) is 5.91 Å². The van der Waals surface area contributed by atoms with Gasteiger partial charge < -0.3 is 11.1 Å². The third-order valence-corrected chi connectivity index (χ3v) is 3.85. The zero-order valence-electron chi connectivity index (χ0n) is 13.2. The predicted octanol–water partition coefficient (Wildman–Crippen LogP) is 2.16. The lowest BCUT2D eigenvalue weighted by Gasteiger charge is -2.22. The van der Waals surface area contributed by atoms with E-state index in [9.17, 15) is 4.79 Å². The maximum absolute atomic E-state index is 11.3. The van der Waals surface area contributed by atoms with Crippen molar-refractivity contribution in [3.63, 3.8) is 0 Å². The van der Waals surface area contributed by atoms with Crippen molar-refractivity contribution in [2.24, 2.45) is 11.7 Å². The molecular formula is C17H29N2O+. The van der Waals surface area contributed by atoms with E-state index in [1.165, 1.54) is 24.0 Å². The second-order valence-corrected chi connectivity index (χ2v) is 6.00. The van der Waals surface area contributed by atoms with Crippen molar-refractivity contribution in [2.45, 2.75) is 59.0 Å². The normalized spacial score (nSPS) is 14.2. The number of hydrogen-bond acceptors (Lipinski definition) is 1. The molecule has 0 spiro atoms. The van der Waals surface area contributed by atoms with Crippen molar-refractivity contribution in [3.05, 3.63) is 35.4 Å². The fourth-order valence-corrected chi connectivity index (χ4v) is 2.41. The van der Waals surface area contributed by atoms with Gasteiger partial charge in [-0.2, -0.15) is 0 Å². The molecule has 0 saturated heterocycles. The number of carbonyl (C=O) groups excluding carboxylic acids is 1. The van der Waals surface area contributed by atoms with E-state index >= 15 is 0 Å². The Labute approximate surface area is 122 Å². The third-order valence-electron chi connectivity index (χ3n) is 3.85. The molecule has 2 atom stereocenters. The fourth-order valence-electron chi connectivity index (χ4n) is 2.41. The average molecular weight is 277 g/mol. The first-order valence-electron chi connectivity index (χ1n) is 7.68. The highest BCUT2D eigenvalue weighted by Crippen LogP contribution is 2.19. The minimum Gasteiger partial charge on any atom is -0.365 e. The Balaban J connectivity index is 2.79. The maximum Gasteiger partial charge on any atom is 0.275 e. The van der Waals surface area contributed by atoms with Gasteiger partial charge in [0.05, 0.1) is 0 Å². The topological polar surface area (TPSA) is 59.7 Å². The number of amides is 1. The summed E-state index contributed by atoms with van der Waals surface area (Å²) >= 11 is 0. The lowest BCUT2D eigenvalue weighted by Crippen LogP contribution is -2.93. The van der Waals surface area contributed by atoms with Crippen LogP contribution in [0, 0.1) is 5.92 Å². The first-order chi connectivity index (χ1) is 9.45. The molecule has 1 aromatic rings. The molecule has 0 aliphatic rings. The summed E-state index contributed by atoms with van der Waals surface area (Å²) in [7, 11) is 0. The van der Waals surface area contributed by atoms with Gasteiger partial charge in [-0.05, 0) is 25.3 Å². The van der Waals surface area contributed by atoms with Gasteiger partial charge in [0.15, 0.2) is 6.04 Å². The molecule has 0 heterocycles. The van der Waals surface area contributed by atoms with Gasteiger partial charge in [-0.1, -0.05) is 51.5 Å². The summed E-state index contributed by atoms with van der Waals surface area (Å²) in [6.07, 6.45) is 3.60. The van der Waals surface area contributed by atoms with Crippen molar-refractivity contribution in [1.82, 2.24) is 0 Å². The van der Waals surface area contributed by atoms with E-state index in [2.05, 4.69) is 50.4 Å². The molecule has 1 amide bonds. The quantitative estimate of drug-likeness (QED) is 0.751. The van der Waals surface area contributed by atoms with Gasteiger partial charge >= 0.3 is 0 Å². The predicted molar refractivity (Wildman–Crippen MR) is 83.2 cm³/mol. The van der Waals surface area contributed by atoms with Crippen molar-refractivity contribution in [3.8, 4) is 0 Å². The molecule has 0 bridgehead atoms. The zero-order chi connectivity index (χ0) is 15.1. The number of unbranched alkanes of at least 4 members (excludes halogenated alkanes) is 1. The van der Waals surface area contributed by atoms with Crippen molar-refractivity contribution < 1.29 is 10.1 Å². The molecule has 0 fully saturated rings. The lowest BCUT2D eigenvalue weighted by atomic mass is 9.94. The molecule has 20 heavy (non-hydrogen) atoms. The number of quaternary nitrogens is 1. The van der Waals surface area contributed by atoms with Crippen LogP contribution in [0.1, 0.15) is 57.7 Å². The van der Waals surface area contributed by atoms with Crippen LogP contribution in [0.5, 0.6) is 0 Å². The molecule has 0 radical (unpaired) electrons. The van der Waals surface area contributed by atoms with Crippen molar-refractivity contribution >= 4 is 5.91 Å². The highest BCUT2D eigenvalue weighted by Gasteiger charge is 2.24. The lowest BCUT2D eigenvalue weighted by molar-refractivity contribution is -0.719. The van der Waals surface area contributed by atoms with Crippen molar-refractivity contribution in [1.29, 1.82) is 0 Å². The second kappa shape index (κ2) is 8.05. The highest BCUT2D eigenvalue weighted by molar-refractivity contribution is 5.77. The van der Waals surface area contributed by atoms with E-state index in [-0.39, 0.29) is 18.0 Å². The van der Waals surface area contributed by atoms with E-state index < -0.39 is 0 Å². The van der Waals surface area contributed by atoms with Crippen LogP contribution in [0.25, 0.3) is 0 Å². The Morgan fingerprint density at radius 3 is 2.25 bits per heavy atom. The van der Waals surface area contributed by atoms with Gasteiger partial charge in [-0.3, -0.25) is 4.79 Å². The number of hydrogen-bond donors (Lipinski definition) is 2. The Hall–Kier alpha value is -1.35. The summed E-state index contributed by atoms with van der Waals surface area (Å²) < 4.78 is 0. The molecule has 0 aliphatic heterocycles. The molecule has 3 heteroatoms. The minimum absolute atomic E-state index is 0.192. The number of primary amides is 1. The molecule has 0 saturated carbocycles. The first kappa shape index (κ1) is 16.7. The van der Waals surface area contributed by atoms with Gasteiger partial charge in [0.2, 0.25) is 0 Å². The maximum atomic E-state index is 11.3. The molecule has 0 aliphatic carbocycles. The van der Waals surface area contributed by atoms with E-state index in [1.807, 2.05) is 6.92 Å². The molecule has 1 aromatic carbocycles. The highest BCUT2D eigenvalue weighted by atomic mass is 16.1. The number of nitrogens with two attached hydrogens (primary N) is 2. The Kier molecular flexibility index (Phi) is 6.73. The molecule has 0 aromatic heterocycles. The summed E-state index contributed by atoms with van der Waals surface area (Å²) in [5.74, 6) is 0.202. The molecule has 1 rings (SSSR count). The molecule has 0 unspecified atom stereocenters. The van der Waals surface area contributed by atoms with Gasteiger partial charge in [-0.15, -0.1) is 0 Å². The van der Waals surface area contributed by atoms with E-state index in [1.54, 1.807) is 0 Å². The third kappa shape index (κ3) is 4.97. The van der Waals surface area contributed by atoms with Crippen LogP contribution in [0.15, 0.2) is 24.3 Å². The van der Waals surface area contributed by atoms with Gasteiger partial charge in [-0.25, -0.2) is 0 Å². The monoisotopic (exact) mass is 277 g/mol. The number of carbonyl (C=O) groups is 1. The van der Waals surface area contributed by atoms with E-state index in [4.69, 9.17) is 5.73 Å². The smallest absolute Gasteiger partial charge is 0.275 e. The van der Waals surface area contributed by atoms with E-state index in [0.717, 1.165) is 6.42 Å². The number of aryl methyl sites for hydroxylation is 1. The van der Waals surface area contributed by atoms with Crippen LogP contribution in [0.3, 0.4) is 0 Å². The summed E-state index contributed by atoms with van der Waals surface area (Å²) in [5.41, 5.74) is 8.03. The molecule has 112 valence electrons. The number of rotatable bonds is 8. The standard InChI is InChI=1S/C17H28N2O/c1-5-6-7-14-8-10-15(11-9-14)16(12(2)3)19-13(4)17(18)20/h8-13,16,19H,5-7H2,1-4H3,(H2,18,20)/p+1/t13-,16+/m1/s1. The van der Waals surface area contributed by atoms with Crippen LogP contribution in [0.2, 0.25) is 0 Å². The van der Waals surface area contributed by atoms with Crippen LogP contribution >= 0.6 is 0 Å². The minimum atomic E-state index is -0.254. The van der Waals surface area contributed by atoms with Crippen molar-refractivity contribution in [2.75, 3.05) is 0 Å². The molecular weight excluding hydrogens is 248 g/mol. The van der Waals surface area contributed by atoms with Gasteiger partial charge in [0, 0.05) is 11.5 Å². The molecule has 4 N–H and O–H groups in total. The SMILES string of the molecule is CCCCc1ccc([C@@H]([NH2+][C@H](C)C(N)=O)C(C)C)cc1. The Bertz CT molecular complexity index is 412. The Morgan fingerprint density at radius 1 is 1.20 bits per heavy atom. The second-order valence-electron chi connectivity index (χ2n) is 6.00. The largest absolute Gasteiger partial charge is 0.365 e. The summed E-state index contributed by atoms with van der Waals surface area (Å²) in [6, 6.07) is 8.89. The van der Waals surface area contributed by atoms with Crippen LogP contribution in [-0.2, 0) is 11.2 Å². The zero-order valence-corrected chi connectivity index (χ0v) is 13.2. The number of benzene rings is 1. The summed E-state index contributed by atoms with van der Waals surface area (Å²) in [5, 5.41) is 2.08. The fraction of sp³-hybridized carbons (Fsp3) is 0.588. The summed E-state index contributed by atoms with van der Waals surface area (Å²) in [4.78, 5) is 11.3. The van der Waals surface area contributed by atoms with Gasteiger partial charge in [0.1, 0.15) is 6.04 Å². The van der Waals surface area contributed by atoms with Crippen LogP contribution in [0.4, 0.5) is 0 Å². The average Bonchev–Trinajstić information content (AvgIpc) is 2.42. The van der Waals surface area contributed by atoms with Crippen LogP contribution in [-0.4, -0.2) is 11.9 Å². The Morgan fingerprint density at radius 2 is 1.80 bits per heavy atom. The first-order valence-corrected chi connectivity index (χ1v) is 7.68. The van der Waals surface area contributed by atoms with E-state index in [0.29, 0.717) is 5.92 Å². The van der Waals surface area contributed by atoms with Crippen LogP contribution < -0.4 is 11.1 Å². The summed E-state index contributed by atoms with van der Waals surface area (Å²) in [6.45, 7) is 8.44. The molecule has 3 nitrogen and oxygen atoms in total.